The summed E-state index contributed by atoms with van der Waals surface area (Å²) in [6.45, 7) is 1.46. The Morgan fingerprint density at radius 3 is 2.79 bits per heavy atom. The average Bonchev–Trinajstić information content (AvgIpc) is 2.43. The monoisotopic (exact) mass is 271 g/mol. The highest BCUT2D eigenvalue weighted by molar-refractivity contribution is 5.76. The van der Waals surface area contributed by atoms with Crippen LogP contribution in [-0.4, -0.2) is 38.2 Å². The maximum Gasteiger partial charge on any atom is 0.305 e. The molecule has 0 aromatic heterocycles. The molecule has 0 bridgehead atoms. The van der Waals surface area contributed by atoms with Crippen LogP contribution in [0.5, 0.6) is 0 Å². The molecule has 0 radical (unpaired) electrons. The molecule has 5 nitrogen and oxygen atoms in total. The summed E-state index contributed by atoms with van der Waals surface area (Å²) in [5.41, 5.74) is 0. The van der Waals surface area contributed by atoms with Crippen molar-refractivity contribution in [1.29, 1.82) is 0 Å². The van der Waals surface area contributed by atoms with Crippen molar-refractivity contribution >= 4 is 11.9 Å². The van der Waals surface area contributed by atoms with E-state index in [4.69, 9.17) is 4.74 Å². The Morgan fingerprint density at radius 1 is 1.26 bits per heavy atom. The van der Waals surface area contributed by atoms with Gasteiger partial charge in [-0.15, -0.1) is 0 Å². The van der Waals surface area contributed by atoms with Crippen molar-refractivity contribution in [3.05, 3.63) is 0 Å². The summed E-state index contributed by atoms with van der Waals surface area (Å²) in [4.78, 5) is 22.5. The van der Waals surface area contributed by atoms with Crippen LogP contribution in [0.25, 0.3) is 0 Å². The SMILES string of the molecule is COC(=O)CCCCCNC(=O)CC1CCCCO1. The van der Waals surface area contributed by atoms with Gasteiger partial charge in [0.05, 0.1) is 19.6 Å². The third kappa shape index (κ3) is 7.82. The number of unbranched alkanes of at least 4 members (excludes halogenated alkanes) is 2. The average molecular weight is 271 g/mol. The highest BCUT2D eigenvalue weighted by Gasteiger charge is 2.17. The van der Waals surface area contributed by atoms with E-state index in [9.17, 15) is 9.59 Å². The summed E-state index contributed by atoms with van der Waals surface area (Å²) in [5, 5.41) is 2.90. The maximum absolute atomic E-state index is 11.6. The molecule has 0 aromatic carbocycles. The van der Waals surface area contributed by atoms with E-state index in [1.54, 1.807) is 0 Å². The van der Waals surface area contributed by atoms with Crippen molar-refractivity contribution in [2.45, 2.75) is 57.5 Å². The number of nitrogens with one attached hydrogen (secondary N) is 1. The van der Waals surface area contributed by atoms with Gasteiger partial charge in [0.25, 0.3) is 0 Å². The summed E-state index contributed by atoms with van der Waals surface area (Å²) in [7, 11) is 1.40. The van der Waals surface area contributed by atoms with E-state index in [1.165, 1.54) is 7.11 Å². The van der Waals surface area contributed by atoms with Gasteiger partial charge in [0.2, 0.25) is 5.91 Å². The summed E-state index contributed by atoms with van der Waals surface area (Å²) in [6, 6.07) is 0. The van der Waals surface area contributed by atoms with Crippen molar-refractivity contribution in [3.63, 3.8) is 0 Å². The first kappa shape index (κ1) is 16.0. The van der Waals surface area contributed by atoms with E-state index < -0.39 is 0 Å². The lowest BCUT2D eigenvalue weighted by Crippen LogP contribution is -2.31. The summed E-state index contributed by atoms with van der Waals surface area (Å²) >= 11 is 0. The minimum absolute atomic E-state index is 0.0693. The van der Waals surface area contributed by atoms with Gasteiger partial charge in [-0.25, -0.2) is 0 Å². The van der Waals surface area contributed by atoms with Gasteiger partial charge in [-0.1, -0.05) is 6.42 Å². The third-order valence-electron chi connectivity index (χ3n) is 3.29. The van der Waals surface area contributed by atoms with Crippen molar-refractivity contribution in [2.24, 2.45) is 0 Å². The molecule has 1 amide bonds. The molecule has 19 heavy (non-hydrogen) atoms. The van der Waals surface area contributed by atoms with E-state index in [0.717, 1.165) is 45.1 Å². The van der Waals surface area contributed by atoms with Gasteiger partial charge in [-0.2, -0.15) is 0 Å². The number of hydrogen-bond acceptors (Lipinski definition) is 4. The molecular formula is C14H25NO4. The van der Waals surface area contributed by atoms with Crippen LogP contribution in [-0.2, 0) is 19.1 Å². The van der Waals surface area contributed by atoms with Crippen LogP contribution in [0.2, 0.25) is 0 Å². The number of methoxy groups -OCH3 is 1. The molecule has 1 fully saturated rings. The molecule has 1 aliphatic heterocycles. The fourth-order valence-corrected chi connectivity index (χ4v) is 2.15. The lowest BCUT2D eigenvalue weighted by atomic mass is 10.1. The quantitative estimate of drug-likeness (QED) is 0.540. The van der Waals surface area contributed by atoms with E-state index >= 15 is 0 Å². The molecule has 0 spiro atoms. The zero-order valence-electron chi connectivity index (χ0n) is 11.8. The van der Waals surface area contributed by atoms with E-state index in [1.807, 2.05) is 0 Å². The minimum atomic E-state index is -0.168. The van der Waals surface area contributed by atoms with Crippen LogP contribution >= 0.6 is 0 Å². The van der Waals surface area contributed by atoms with Crippen LogP contribution in [0.15, 0.2) is 0 Å². The van der Waals surface area contributed by atoms with Crippen molar-refractivity contribution in [3.8, 4) is 0 Å². The molecule has 1 atom stereocenters. The van der Waals surface area contributed by atoms with Crippen molar-refractivity contribution in [2.75, 3.05) is 20.3 Å². The topological polar surface area (TPSA) is 64.6 Å². The minimum Gasteiger partial charge on any atom is -0.469 e. The molecule has 1 unspecified atom stereocenters. The molecule has 1 aliphatic rings. The molecule has 110 valence electrons. The van der Waals surface area contributed by atoms with E-state index in [-0.39, 0.29) is 18.0 Å². The second-order valence-corrected chi connectivity index (χ2v) is 4.93. The van der Waals surface area contributed by atoms with Crippen LogP contribution in [0.4, 0.5) is 0 Å². The van der Waals surface area contributed by atoms with E-state index in [0.29, 0.717) is 19.4 Å². The van der Waals surface area contributed by atoms with Crippen molar-refractivity contribution in [1.82, 2.24) is 5.32 Å². The second kappa shape index (κ2) is 9.78. The molecule has 5 heteroatoms. The summed E-state index contributed by atoms with van der Waals surface area (Å²) < 4.78 is 10.1. The van der Waals surface area contributed by atoms with Crippen LogP contribution < -0.4 is 5.32 Å². The van der Waals surface area contributed by atoms with Gasteiger partial charge >= 0.3 is 5.97 Å². The molecule has 1 rings (SSSR count). The third-order valence-corrected chi connectivity index (χ3v) is 3.29. The predicted molar refractivity (Wildman–Crippen MR) is 71.7 cm³/mol. The van der Waals surface area contributed by atoms with Gasteiger partial charge in [0.15, 0.2) is 0 Å². The molecule has 0 aliphatic carbocycles. The first-order valence-corrected chi connectivity index (χ1v) is 7.17. The molecular weight excluding hydrogens is 246 g/mol. The number of rotatable bonds is 8. The Morgan fingerprint density at radius 2 is 2.11 bits per heavy atom. The summed E-state index contributed by atoms with van der Waals surface area (Å²) in [5.74, 6) is -0.0987. The molecule has 0 saturated carbocycles. The zero-order chi connectivity index (χ0) is 13.9. The number of esters is 1. The molecule has 0 aromatic rings. The lowest BCUT2D eigenvalue weighted by molar-refractivity contribution is -0.140. The van der Waals surface area contributed by atoms with Gasteiger partial charge in [0.1, 0.15) is 0 Å². The smallest absolute Gasteiger partial charge is 0.305 e. The molecule has 1 N–H and O–H groups in total. The van der Waals surface area contributed by atoms with Crippen LogP contribution in [0.1, 0.15) is 51.4 Å². The Labute approximate surface area is 115 Å². The Bertz CT molecular complexity index is 275. The fourth-order valence-electron chi connectivity index (χ4n) is 2.15. The second-order valence-electron chi connectivity index (χ2n) is 4.93. The van der Waals surface area contributed by atoms with Gasteiger partial charge in [-0.05, 0) is 32.1 Å². The summed E-state index contributed by atoms with van der Waals surface area (Å²) in [6.07, 6.45) is 6.93. The standard InChI is InChI=1S/C14H25NO4/c1-18-14(17)8-3-2-5-9-15-13(16)11-12-7-4-6-10-19-12/h12H,2-11H2,1H3,(H,15,16). The predicted octanol–water partition coefficient (Wildman–Crippen LogP) is 1.80. The Hall–Kier alpha value is -1.10. The fraction of sp³-hybridized carbons (Fsp3) is 0.857. The lowest BCUT2D eigenvalue weighted by Gasteiger charge is -2.21. The normalized spacial score (nSPS) is 18.9. The molecule has 1 saturated heterocycles. The molecule has 1 heterocycles. The number of hydrogen-bond donors (Lipinski definition) is 1. The number of amides is 1. The first-order chi connectivity index (χ1) is 9.22. The zero-order valence-corrected chi connectivity index (χ0v) is 11.8. The van der Waals surface area contributed by atoms with Gasteiger partial charge < -0.3 is 14.8 Å². The Balaban J connectivity index is 1.93. The number of carbonyl (C=O) groups is 2. The maximum atomic E-state index is 11.6. The number of ether oxygens (including phenoxy) is 2. The van der Waals surface area contributed by atoms with Crippen molar-refractivity contribution < 1.29 is 19.1 Å². The van der Waals surface area contributed by atoms with Crippen LogP contribution in [0.3, 0.4) is 0 Å². The largest absolute Gasteiger partial charge is 0.469 e. The van der Waals surface area contributed by atoms with E-state index in [2.05, 4.69) is 10.1 Å². The highest BCUT2D eigenvalue weighted by atomic mass is 16.5. The van der Waals surface area contributed by atoms with Gasteiger partial charge in [0, 0.05) is 19.6 Å². The number of carbonyl (C=O) groups excluding carboxylic acids is 2. The first-order valence-electron chi connectivity index (χ1n) is 7.17. The van der Waals surface area contributed by atoms with Gasteiger partial charge in [-0.3, -0.25) is 9.59 Å². The Kier molecular flexibility index (Phi) is 8.21. The van der Waals surface area contributed by atoms with Crippen LogP contribution in [0, 0.1) is 0 Å². The highest BCUT2D eigenvalue weighted by Crippen LogP contribution is 2.15.